The van der Waals surface area contributed by atoms with E-state index in [0.29, 0.717) is 18.4 Å². The Morgan fingerprint density at radius 3 is 2.31 bits per heavy atom. The molecule has 2 saturated carbocycles. The highest BCUT2D eigenvalue weighted by Gasteiger charge is 2.43. The van der Waals surface area contributed by atoms with Crippen molar-refractivity contribution in [3.8, 4) is 0 Å². The summed E-state index contributed by atoms with van der Waals surface area (Å²) >= 11 is 0. The maximum atomic E-state index is 11.4. The van der Waals surface area contributed by atoms with E-state index < -0.39 is 0 Å². The van der Waals surface area contributed by atoms with E-state index in [0.717, 1.165) is 0 Å². The Hall–Kier alpha value is -0.790. The predicted octanol–water partition coefficient (Wildman–Crippen LogP) is 3.47. The molecular weight excluding hydrogens is 200 g/mol. The van der Waals surface area contributed by atoms with E-state index in [1.54, 1.807) is 6.08 Å². The molecule has 0 aromatic heterocycles. The molecule has 0 radical (unpaired) electrons. The molecule has 0 aromatic rings. The zero-order valence-electron chi connectivity index (χ0n) is 10.2. The molecule has 2 heteroatoms. The minimum absolute atomic E-state index is 0.137. The number of fused-ring (bicyclic) bond motifs is 1. The van der Waals surface area contributed by atoms with Gasteiger partial charge >= 0.3 is 5.97 Å². The van der Waals surface area contributed by atoms with E-state index in [1.165, 1.54) is 50.5 Å². The number of ether oxygens (including phenoxy) is 1. The summed E-state index contributed by atoms with van der Waals surface area (Å²) in [5.74, 6) is 1.28. The molecule has 0 N–H and O–H groups in total. The molecule has 0 amide bonds. The molecule has 0 bridgehead atoms. The van der Waals surface area contributed by atoms with Crippen LogP contribution in [0.2, 0.25) is 0 Å². The topological polar surface area (TPSA) is 26.3 Å². The van der Waals surface area contributed by atoms with Crippen LogP contribution in [0.3, 0.4) is 0 Å². The summed E-state index contributed by atoms with van der Waals surface area (Å²) in [5, 5.41) is 0. The second-order valence-corrected chi connectivity index (χ2v) is 4.95. The fourth-order valence-electron chi connectivity index (χ4n) is 2.93. The first kappa shape index (κ1) is 11.7. The fraction of sp³-hybridized carbons (Fsp3) is 0.786. The summed E-state index contributed by atoms with van der Waals surface area (Å²) in [5.41, 5.74) is 1.38. The van der Waals surface area contributed by atoms with Gasteiger partial charge in [0.25, 0.3) is 0 Å². The molecule has 0 aliphatic heterocycles. The average Bonchev–Trinajstić information content (AvgIpc) is 2.88. The lowest BCUT2D eigenvalue weighted by Crippen LogP contribution is -1.99. The standard InChI is InChI=1S/C14H22O2/c1-2-16-14(15)10-13-11-8-6-4-3-5-7-9-12(11)13/h10-12H,2-9H2,1H3. The summed E-state index contributed by atoms with van der Waals surface area (Å²) < 4.78 is 4.97. The number of allylic oxidation sites excluding steroid dienone is 1. The molecule has 0 aromatic carbocycles. The van der Waals surface area contributed by atoms with Crippen molar-refractivity contribution in [2.75, 3.05) is 6.61 Å². The smallest absolute Gasteiger partial charge is 0.330 e. The van der Waals surface area contributed by atoms with Crippen LogP contribution >= 0.6 is 0 Å². The van der Waals surface area contributed by atoms with Gasteiger partial charge in [-0.1, -0.05) is 37.7 Å². The number of hydrogen-bond acceptors (Lipinski definition) is 2. The summed E-state index contributed by atoms with van der Waals surface area (Å²) in [4.78, 5) is 11.4. The van der Waals surface area contributed by atoms with Crippen molar-refractivity contribution in [3.05, 3.63) is 11.6 Å². The van der Waals surface area contributed by atoms with Gasteiger partial charge in [0.05, 0.1) is 6.61 Å². The average molecular weight is 222 g/mol. The Kier molecular flexibility index (Phi) is 4.03. The maximum Gasteiger partial charge on any atom is 0.330 e. The lowest BCUT2D eigenvalue weighted by atomic mass is 10.1. The molecular formula is C14H22O2. The van der Waals surface area contributed by atoms with Crippen molar-refractivity contribution >= 4 is 5.97 Å². The summed E-state index contributed by atoms with van der Waals surface area (Å²) in [6.07, 6.45) is 11.1. The van der Waals surface area contributed by atoms with Crippen LogP contribution in [0, 0.1) is 11.8 Å². The third-order valence-electron chi connectivity index (χ3n) is 3.83. The van der Waals surface area contributed by atoms with Gasteiger partial charge in [0.15, 0.2) is 0 Å². The van der Waals surface area contributed by atoms with Gasteiger partial charge < -0.3 is 4.74 Å². The van der Waals surface area contributed by atoms with Crippen molar-refractivity contribution < 1.29 is 9.53 Å². The molecule has 2 nitrogen and oxygen atoms in total. The summed E-state index contributed by atoms with van der Waals surface area (Å²) in [6, 6.07) is 0. The van der Waals surface area contributed by atoms with Gasteiger partial charge in [-0.15, -0.1) is 0 Å². The minimum Gasteiger partial charge on any atom is -0.463 e. The summed E-state index contributed by atoms with van der Waals surface area (Å²) in [6.45, 7) is 2.34. The second-order valence-electron chi connectivity index (χ2n) is 4.95. The van der Waals surface area contributed by atoms with Crippen molar-refractivity contribution in [2.24, 2.45) is 11.8 Å². The van der Waals surface area contributed by atoms with Crippen LogP contribution < -0.4 is 0 Å². The van der Waals surface area contributed by atoms with Crippen molar-refractivity contribution in [3.63, 3.8) is 0 Å². The molecule has 90 valence electrons. The zero-order valence-corrected chi connectivity index (χ0v) is 10.2. The van der Waals surface area contributed by atoms with Gasteiger partial charge in [0.2, 0.25) is 0 Å². The van der Waals surface area contributed by atoms with E-state index in [2.05, 4.69) is 0 Å². The van der Waals surface area contributed by atoms with Crippen LogP contribution in [-0.4, -0.2) is 12.6 Å². The zero-order chi connectivity index (χ0) is 11.4. The molecule has 16 heavy (non-hydrogen) atoms. The molecule has 2 aliphatic rings. The van der Waals surface area contributed by atoms with Gasteiger partial charge in [-0.05, 0) is 31.6 Å². The fourth-order valence-corrected chi connectivity index (χ4v) is 2.93. The van der Waals surface area contributed by atoms with E-state index in [-0.39, 0.29) is 5.97 Å². The first-order chi connectivity index (χ1) is 7.83. The second kappa shape index (κ2) is 5.51. The molecule has 2 aliphatic carbocycles. The predicted molar refractivity (Wildman–Crippen MR) is 64.0 cm³/mol. The van der Waals surface area contributed by atoms with Gasteiger partial charge in [0, 0.05) is 6.08 Å². The van der Waals surface area contributed by atoms with Gasteiger partial charge in [0.1, 0.15) is 0 Å². The molecule has 0 saturated heterocycles. The Morgan fingerprint density at radius 2 is 1.75 bits per heavy atom. The van der Waals surface area contributed by atoms with Gasteiger partial charge in [-0.2, -0.15) is 0 Å². The molecule has 2 atom stereocenters. The highest BCUT2D eigenvalue weighted by Crippen LogP contribution is 2.52. The van der Waals surface area contributed by atoms with Crippen LogP contribution in [0.4, 0.5) is 0 Å². The Bertz CT molecular complexity index is 264. The Balaban J connectivity index is 1.90. The van der Waals surface area contributed by atoms with Crippen LogP contribution in [0.1, 0.15) is 51.9 Å². The van der Waals surface area contributed by atoms with E-state index in [9.17, 15) is 4.79 Å². The van der Waals surface area contributed by atoms with Crippen LogP contribution in [0.15, 0.2) is 11.6 Å². The molecule has 2 fully saturated rings. The van der Waals surface area contributed by atoms with Gasteiger partial charge in [-0.3, -0.25) is 0 Å². The molecule has 2 unspecified atom stereocenters. The van der Waals surface area contributed by atoms with Crippen LogP contribution in [0.5, 0.6) is 0 Å². The van der Waals surface area contributed by atoms with Crippen molar-refractivity contribution in [1.82, 2.24) is 0 Å². The highest BCUT2D eigenvalue weighted by molar-refractivity contribution is 5.84. The highest BCUT2D eigenvalue weighted by atomic mass is 16.5. The van der Waals surface area contributed by atoms with E-state index >= 15 is 0 Å². The lowest BCUT2D eigenvalue weighted by Gasteiger charge is -1.98. The number of carbonyl (C=O) groups excluding carboxylic acids is 1. The first-order valence-corrected chi connectivity index (χ1v) is 6.71. The third kappa shape index (κ3) is 2.87. The SMILES string of the molecule is CCOC(=O)C=C1C2CCCCCCCC12. The van der Waals surface area contributed by atoms with Crippen molar-refractivity contribution in [2.45, 2.75) is 51.9 Å². The minimum atomic E-state index is -0.137. The van der Waals surface area contributed by atoms with Crippen molar-refractivity contribution in [1.29, 1.82) is 0 Å². The largest absolute Gasteiger partial charge is 0.463 e. The van der Waals surface area contributed by atoms with Crippen LogP contribution in [-0.2, 0) is 9.53 Å². The molecule has 0 heterocycles. The number of hydrogen-bond donors (Lipinski definition) is 0. The lowest BCUT2D eigenvalue weighted by molar-refractivity contribution is -0.137. The molecule has 2 rings (SSSR count). The number of esters is 1. The first-order valence-electron chi connectivity index (χ1n) is 6.71. The quantitative estimate of drug-likeness (QED) is 0.528. The Labute approximate surface area is 98.1 Å². The van der Waals surface area contributed by atoms with Crippen LogP contribution in [0.25, 0.3) is 0 Å². The Morgan fingerprint density at radius 1 is 1.19 bits per heavy atom. The van der Waals surface area contributed by atoms with E-state index in [4.69, 9.17) is 4.74 Å². The number of carbonyl (C=O) groups is 1. The van der Waals surface area contributed by atoms with E-state index in [1.807, 2.05) is 6.92 Å². The molecule has 0 spiro atoms. The van der Waals surface area contributed by atoms with Gasteiger partial charge in [-0.25, -0.2) is 4.79 Å². The normalized spacial score (nSPS) is 29.4. The number of rotatable bonds is 2. The third-order valence-corrected chi connectivity index (χ3v) is 3.83. The maximum absolute atomic E-state index is 11.4. The monoisotopic (exact) mass is 222 g/mol. The summed E-state index contributed by atoms with van der Waals surface area (Å²) in [7, 11) is 0.